The van der Waals surface area contributed by atoms with Crippen LogP contribution < -0.4 is 15.4 Å². The number of carbonyl (C=O) groups excluding carboxylic acids is 1. The Hall–Kier alpha value is -1.91. The molecule has 0 saturated carbocycles. The minimum Gasteiger partial charge on any atom is -0.495 e. The summed E-state index contributed by atoms with van der Waals surface area (Å²) in [5.74, 6) is 0.428. The first-order valence-corrected chi connectivity index (χ1v) is 6.97. The van der Waals surface area contributed by atoms with Crippen LogP contribution in [0.2, 0.25) is 10.0 Å². The monoisotopic (exact) mass is 324 g/mol. The Morgan fingerprint density at radius 2 is 1.76 bits per heavy atom. The van der Waals surface area contributed by atoms with Crippen molar-refractivity contribution >= 4 is 40.5 Å². The highest BCUT2D eigenvalue weighted by molar-refractivity contribution is 6.32. The van der Waals surface area contributed by atoms with Crippen LogP contribution in [0.1, 0.15) is 0 Å². The van der Waals surface area contributed by atoms with E-state index in [4.69, 9.17) is 27.9 Å². The molecular weight excluding hydrogens is 311 g/mol. The van der Waals surface area contributed by atoms with Crippen LogP contribution in [-0.4, -0.2) is 19.6 Å². The average Bonchev–Trinajstić information content (AvgIpc) is 2.48. The van der Waals surface area contributed by atoms with Crippen molar-refractivity contribution in [2.45, 2.75) is 0 Å². The molecule has 0 aliphatic rings. The summed E-state index contributed by atoms with van der Waals surface area (Å²) >= 11 is 11.8. The first-order chi connectivity index (χ1) is 10.1. The Labute approximate surface area is 133 Å². The number of hydrogen-bond acceptors (Lipinski definition) is 3. The van der Waals surface area contributed by atoms with Crippen molar-refractivity contribution in [3.05, 3.63) is 52.5 Å². The molecule has 0 spiro atoms. The van der Waals surface area contributed by atoms with E-state index >= 15 is 0 Å². The van der Waals surface area contributed by atoms with Crippen molar-refractivity contribution < 1.29 is 9.53 Å². The standard InChI is InChI=1S/C15H14Cl2N2O2/c1-21-14-7-6-12(8-13(14)17)18-9-15(20)19-11-4-2-10(16)3-5-11/h2-8,18H,9H2,1H3,(H,19,20). The third kappa shape index (κ3) is 4.55. The molecule has 2 rings (SSSR count). The maximum Gasteiger partial charge on any atom is 0.243 e. The highest BCUT2D eigenvalue weighted by Crippen LogP contribution is 2.27. The van der Waals surface area contributed by atoms with Crippen LogP contribution in [0.4, 0.5) is 11.4 Å². The Morgan fingerprint density at radius 1 is 1.10 bits per heavy atom. The number of methoxy groups -OCH3 is 1. The second-order valence-electron chi connectivity index (χ2n) is 4.26. The minimum atomic E-state index is -0.163. The van der Waals surface area contributed by atoms with Crippen molar-refractivity contribution in [3.8, 4) is 5.75 Å². The molecule has 2 aromatic rings. The Kier molecular flexibility index (Phi) is 5.31. The number of carbonyl (C=O) groups is 1. The van der Waals surface area contributed by atoms with E-state index in [0.717, 1.165) is 5.69 Å². The van der Waals surface area contributed by atoms with Gasteiger partial charge in [-0.1, -0.05) is 23.2 Å². The lowest BCUT2D eigenvalue weighted by atomic mass is 10.3. The predicted octanol–water partition coefficient (Wildman–Crippen LogP) is 4.05. The van der Waals surface area contributed by atoms with Gasteiger partial charge in [0.15, 0.2) is 0 Å². The molecule has 110 valence electrons. The third-order valence-electron chi connectivity index (χ3n) is 2.73. The van der Waals surface area contributed by atoms with E-state index in [1.54, 1.807) is 49.6 Å². The molecule has 0 unspecified atom stereocenters. The fourth-order valence-electron chi connectivity index (χ4n) is 1.70. The number of hydrogen-bond donors (Lipinski definition) is 2. The number of benzene rings is 2. The summed E-state index contributed by atoms with van der Waals surface area (Å²) in [5.41, 5.74) is 1.44. The Balaban J connectivity index is 1.89. The van der Waals surface area contributed by atoms with E-state index in [1.807, 2.05) is 0 Å². The normalized spacial score (nSPS) is 10.0. The molecule has 0 aliphatic heterocycles. The molecule has 0 heterocycles. The SMILES string of the molecule is COc1ccc(NCC(=O)Nc2ccc(Cl)cc2)cc1Cl. The van der Waals surface area contributed by atoms with Gasteiger partial charge in [-0.15, -0.1) is 0 Å². The van der Waals surface area contributed by atoms with Crippen molar-refractivity contribution in [1.82, 2.24) is 0 Å². The summed E-state index contributed by atoms with van der Waals surface area (Å²) < 4.78 is 5.06. The summed E-state index contributed by atoms with van der Waals surface area (Å²) in [6.45, 7) is 0.130. The van der Waals surface area contributed by atoms with Crippen LogP contribution >= 0.6 is 23.2 Å². The number of anilines is 2. The molecule has 0 bridgehead atoms. The van der Waals surface area contributed by atoms with Gasteiger partial charge in [0.25, 0.3) is 0 Å². The first kappa shape index (κ1) is 15.5. The second kappa shape index (κ2) is 7.20. The number of ether oxygens (including phenoxy) is 1. The highest BCUT2D eigenvalue weighted by atomic mass is 35.5. The largest absolute Gasteiger partial charge is 0.495 e. The summed E-state index contributed by atoms with van der Waals surface area (Å²) in [5, 5.41) is 6.86. The van der Waals surface area contributed by atoms with Crippen LogP contribution in [0.3, 0.4) is 0 Å². The number of amides is 1. The molecular formula is C15H14Cl2N2O2. The van der Waals surface area contributed by atoms with E-state index in [0.29, 0.717) is 21.5 Å². The molecule has 1 amide bonds. The summed E-state index contributed by atoms with van der Waals surface area (Å²) in [6, 6.07) is 12.1. The molecule has 6 heteroatoms. The summed E-state index contributed by atoms with van der Waals surface area (Å²) in [6.07, 6.45) is 0. The van der Waals surface area contributed by atoms with E-state index in [-0.39, 0.29) is 12.5 Å². The van der Waals surface area contributed by atoms with Gasteiger partial charge in [-0.25, -0.2) is 0 Å². The van der Waals surface area contributed by atoms with Crippen LogP contribution in [-0.2, 0) is 4.79 Å². The molecule has 4 nitrogen and oxygen atoms in total. The zero-order valence-corrected chi connectivity index (χ0v) is 12.8. The smallest absolute Gasteiger partial charge is 0.243 e. The predicted molar refractivity (Wildman–Crippen MR) is 86.6 cm³/mol. The Morgan fingerprint density at radius 3 is 2.38 bits per heavy atom. The molecule has 2 aromatic carbocycles. The number of nitrogens with one attached hydrogen (secondary N) is 2. The Bertz CT molecular complexity index is 630. The van der Waals surface area contributed by atoms with Gasteiger partial charge >= 0.3 is 0 Å². The van der Waals surface area contributed by atoms with Crippen LogP contribution in [0.15, 0.2) is 42.5 Å². The van der Waals surface area contributed by atoms with E-state index < -0.39 is 0 Å². The molecule has 0 aromatic heterocycles. The van der Waals surface area contributed by atoms with Crippen LogP contribution in [0.5, 0.6) is 5.75 Å². The van der Waals surface area contributed by atoms with Gasteiger partial charge in [0.05, 0.1) is 18.7 Å². The van der Waals surface area contributed by atoms with Crippen molar-refractivity contribution in [3.63, 3.8) is 0 Å². The third-order valence-corrected chi connectivity index (χ3v) is 3.28. The number of rotatable bonds is 5. The van der Waals surface area contributed by atoms with E-state index in [2.05, 4.69) is 10.6 Å². The molecule has 0 radical (unpaired) electrons. The number of halogens is 2. The molecule has 0 aliphatic carbocycles. The molecule has 0 fully saturated rings. The average molecular weight is 325 g/mol. The van der Waals surface area contributed by atoms with Crippen molar-refractivity contribution in [1.29, 1.82) is 0 Å². The minimum absolute atomic E-state index is 0.130. The lowest BCUT2D eigenvalue weighted by Gasteiger charge is -2.09. The van der Waals surface area contributed by atoms with E-state index in [1.165, 1.54) is 0 Å². The zero-order valence-electron chi connectivity index (χ0n) is 11.3. The maximum absolute atomic E-state index is 11.8. The van der Waals surface area contributed by atoms with Gasteiger partial charge in [0.1, 0.15) is 5.75 Å². The fraction of sp³-hybridized carbons (Fsp3) is 0.133. The van der Waals surface area contributed by atoms with Gasteiger partial charge < -0.3 is 15.4 Å². The van der Waals surface area contributed by atoms with Crippen LogP contribution in [0.25, 0.3) is 0 Å². The first-order valence-electron chi connectivity index (χ1n) is 6.21. The van der Waals surface area contributed by atoms with Gasteiger partial charge in [-0.2, -0.15) is 0 Å². The molecule has 21 heavy (non-hydrogen) atoms. The quantitative estimate of drug-likeness (QED) is 0.872. The fourth-order valence-corrected chi connectivity index (χ4v) is 2.08. The molecule has 0 atom stereocenters. The van der Waals surface area contributed by atoms with Gasteiger partial charge in [-0.05, 0) is 42.5 Å². The van der Waals surface area contributed by atoms with Gasteiger partial charge in [0.2, 0.25) is 5.91 Å². The lowest BCUT2D eigenvalue weighted by molar-refractivity contribution is -0.114. The second-order valence-corrected chi connectivity index (χ2v) is 5.10. The highest BCUT2D eigenvalue weighted by Gasteiger charge is 2.05. The van der Waals surface area contributed by atoms with Crippen molar-refractivity contribution in [2.24, 2.45) is 0 Å². The zero-order chi connectivity index (χ0) is 15.2. The van der Waals surface area contributed by atoms with E-state index in [9.17, 15) is 4.79 Å². The van der Waals surface area contributed by atoms with Crippen LogP contribution in [0, 0.1) is 0 Å². The maximum atomic E-state index is 11.8. The molecule has 2 N–H and O–H groups in total. The molecule has 0 saturated heterocycles. The summed E-state index contributed by atoms with van der Waals surface area (Å²) in [7, 11) is 1.55. The summed E-state index contributed by atoms with van der Waals surface area (Å²) in [4.78, 5) is 11.8. The van der Waals surface area contributed by atoms with Gasteiger partial charge in [-0.3, -0.25) is 4.79 Å². The van der Waals surface area contributed by atoms with Gasteiger partial charge in [0, 0.05) is 16.4 Å². The van der Waals surface area contributed by atoms with Crippen molar-refractivity contribution in [2.75, 3.05) is 24.3 Å². The lowest BCUT2D eigenvalue weighted by Crippen LogP contribution is -2.21. The topological polar surface area (TPSA) is 50.4 Å².